The van der Waals surface area contributed by atoms with E-state index in [1.54, 1.807) is 42.7 Å². The lowest BCUT2D eigenvalue weighted by molar-refractivity contribution is 0.0875. The Morgan fingerprint density at radius 2 is 1.84 bits per heavy atom. The number of hydrogen-bond acceptors (Lipinski definition) is 6. The van der Waals surface area contributed by atoms with E-state index in [0.29, 0.717) is 27.6 Å². The van der Waals surface area contributed by atoms with Crippen molar-refractivity contribution in [2.24, 2.45) is 0 Å². The van der Waals surface area contributed by atoms with Gasteiger partial charge in [-0.15, -0.1) is 0 Å². The quantitative estimate of drug-likeness (QED) is 0.294. The topological polar surface area (TPSA) is 84.7 Å². The van der Waals surface area contributed by atoms with Crippen LogP contribution in [-0.2, 0) is 0 Å². The molecule has 0 saturated carbocycles. The van der Waals surface area contributed by atoms with Crippen LogP contribution in [0.15, 0.2) is 53.2 Å². The van der Waals surface area contributed by atoms with Crippen LogP contribution in [0, 0.1) is 0 Å². The minimum Gasteiger partial charge on any atom is -0.494 e. The Bertz CT molecular complexity index is 970. The zero-order chi connectivity index (χ0) is 22.1. The van der Waals surface area contributed by atoms with Crippen molar-refractivity contribution in [3.05, 3.63) is 54.6 Å². The number of urea groups is 1. The summed E-state index contributed by atoms with van der Waals surface area (Å²) in [6.45, 7) is 2.88. The number of aromatic nitrogens is 1. The lowest BCUT2D eigenvalue weighted by Crippen LogP contribution is -2.32. The van der Waals surface area contributed by atoms with Gasteiger partial charge in [0.2, 0.25) is 0 Å². The molecule has 164 valence electrons. The van der Waals surface area contributed by atoms with Crippen LogP contribution in [0.3, 0.4) is 0 Å². The molecule has 0 aliphatic heterocycles. The Balaban J connectivity index is 1.46. The molecule has 0 radical (unpaired) electrons. The van der Waals surface area contributed by atoms with E-state index in [9.17, 15) is 9.59 Å². The third-order valence-corrected chi connectivity index (χ3v) is 5.15. The molecule has 7 nitrogen and oxygen atoms in total. The van der Waals surface area contributed by atoms with E-state index in [2.05, 4.69) is 30.0 Å². The van der Waals surface area contributed by atoms with Crippen LogP contribution in [0.4, 0.5) is 10.5 Å². The number of carbonyl (C=O) groups excluding carboxylic acids is 2. The number of benzene rings is 1. The molecule has 0 aliphatic rings. The fourth-order valence-electron chi connectivity index (χ4n) is 3.07. The van der Waals surface area contributed by atoms with Crippen LogP contribution in [0.2, 0.25) is 0 Å². The maximum atomic E-state index is 12.5. The summed E-state index contributed by atoms with van der Waals surface area (Å²) in [7, 11) is 0. The smallest absolute Gasteiger partial charge is 0.339 e. The van der Waals surface area contributed by atoms with Crippen molar-refractivity contribution in [3.63, 3.8) is 0 Å². The van der Waals surface area contributed by atoms with E-state index in [1.165, 1.54) is 38.2 Å². The van der Waals surface area contributed by atoms with Crippen molar-refractivity contribution < 1.29 is 18.7 Å². The van der Waals surface area contributed by atoms with Crippen molar-refractivity contribution in [2.75, 3.05) is 11.9 Å². The number of hydrogen-bond donors (Lipinski definition) is 2. The summed E-state index contributed by atoms with van der Waals surface area (Å²) in [5.74, 6) is 0.0729. The van der Waals surface area contributed by atoms with Gasteiger partial charge in [0.25, 0.3) is 0 Å². The van der Waals surface area contributed by atoms with E-state index < -0.39 is 11.9 Å². The summed E-state index contributed by atoms with van der Waals surface area (Å²) in [6.07, 6.45) is 10.4. The first-order chi connectivity index (χ1) is 15.1. The molecule has 3 aromatic rings. The number of furan rings is 1. The maximum absolute atomic E-state index is 12.5. The fourth-order valence-corrected chi connectivity index (χ4v) is 3.22. The highest BCUT2D eigenvalue weighted by molar-refractivity contribution is 7.79. The fraction of sp³-hybridized carbons (Fsp3) is 0.348. The molecule has 0 bridgehead atoms. The van der Waals surface area contributed by atoms with Crippen LogP contribution in [0.5, 0.6) is 5.75 Å². The number of pyridine rings is 1. The number of ether oxygens (including phenoxy) is 1. The monoisotopic (exact) mass is 441 g/mol. The molecule has 8 heteroatoms. The average Bonchev–Trinajstić information content (AvgIpc) is 3.23. The predicted octanol–water partition coefficient (Wildman–Crippen LogP) is 6.09. The summed E-state index contributed by atoms with van der Waals surface area (Å²) >= 11 is 4.02. The Labute approximate surface area is 187 Å². The van der Waals surface area contributed by atoms with Gasteiger partial charge in [-0.3, -0.25) is 9.78 Å². The third kappa shape index (κ3) is 6.49. The number of amides is 3. The highest BCUT2D eigenvalue weighted by atomic mass is 32.1. The summed E-state index contributed by atoms with van der Waals surface area (Å²) in [5, 5.41) is 3.30. The number of fused-ring (bicyclic) bond motifs is 1. The highest BCUT2D eigenvalue weighted by Gasteiger charge is 2.23. The SMILES string of the molecule is CCCCCCCCOc1ccc(NC(=O)N(S)C(=O)c2cc3cnccc3o2)cc1. The summed E-state index contributed by atoms with van der Waals surface area (Å²) in [6, 6.07) is 9.48. The van der Waals surface area contributed by atoms with Crippen molar-refractivity contribution in [1.82, 2.24) is 9.29 Å². The number of carbonyl (C=O) groups is 2. The van der Waals surface area contributed by atoms with E-state index in [0.717, 1.165) is 12.2 Å². The molecule has 3 amide bonds. The van der Waals surface area contributed by atoms with Gasteiger partial charge in [0, 0.05) is 23.5 Å². The van der Waals surface area contributed by atoms with Crippen molar-refractivity contribution in [3.8, 4) is 5.75 Å². The van der Waals surface area contributed by atoms with Gasteiger partial charge >= 0.3 is 11.9 Å². The molecule has 0 spiro atoms. The van der Waals surface area contributed by atoms with Gasteiger partial charge in [-0.25, -0.2) is 9.10 Å². The van der Waals surface area contributed by atoms with Crippen LogP contribution in [0.25, 0.3) is 11.0 Å². The first kappa shape index (κ1) is 22.7. The molecule has 0 atom stereocenters. The molecule has 3 rings (SSSR count). The van der Waals surface area contributed by atoms with Gasteiger partial charge < -0.3 is 14.5 Å². The molecular formula is C23H27N3O4S. The van der Waals surface area contributed by atoms with E-state index in [-0.39, 0.29) is 5.76 Å². The standard InChI is InChI=1S/C23H27N3O4S/c1-2-3-4-5-6-7-14-29-19-10-8-18(9-11-19)25-23(28)26(31)22(27)21-15-17-16-24-13-12-20(17)30-21/h8-13,15-16,31H,2-7,14H2,1H3,(H,25,28). The highest BCUT2D eigenvalue weighted by Crippen LogP contribution is 2.21. The second-order valence-electron chi connectivity index (χ2n) is 7.21. The Kier molecular flexibility index (Phi) is 8.35. The zero-order valence-electron chi connectivity index (χ0n) is 17.5. The number of unbranched alkanes of at least 4 members (excludes halogenated alkanes) is 5. The van der Waals surface area contributed by atoms with Crippen molar-refractivity contribution >= 4 is 41.4 Å². The number of anilines is 1. The van der Waals surface area contributed by atoms with Gasteiger partial charge in [-0.05, 0) is 42.8 Å². The molecular weight excluding hydrogens is 414 g/mol. The van der Waals surface area contributed by atoms with Crippen LogP contribution in [0.1, 0.15) is 56.0 Å². The van der Waals surface area contributed by atoms with Crippen LogP contribution < -0.4 is 10.1 Å². The Morgan fingerprint density at radius 1 is 1.10 bits per heavy atom. The van der Waals surface area contributed by atoms with Crippen molar-refractivity contribution in [1.29, 1.82) is 0 Å². The summed E-state index contributed by atoms with van der Waals surface area (Å²) in [5.41, 5.74) is 1.04. The number of rotatable bonds is 10. The maximum Gasteiger partial charge on any atom is 0.339 e. The van der Waals surface area contributed by atoms with Crippen LogP contribution in [-0.4, -0.2) is 27.8 Å². The van der Waals surface area contributed by atoms with Crippen LogP contribution >= 0.6 is 12.8 Å². The first-order valence-corrected chi connectivity index (χ1v) is 10.9. The van der Waals surface area contributed by atoms with E-state index in [1.807, 2.05) is 0 Å². The third-order valence-electron chi connectivity index (χ3n) is 4.78. The molecule has 0 aliphatic carbocycles. The van der Waals surface area contributed by atoms with Crippen molar-refractivity contribution in [2.45, 2.75) is 45.4 Å². The largest absolute Gasteiger partial charge is 0.494 e. The lowest BCUT2D eigenvalue weighted by Gasteiger charge is -2.14. The van der Waals surface area contributed by atoms with Gasteiger partial charge in [-0.1, -0.05) is 51.8 Å². The minimum atomic E-state index is -0.687. The molecule has 2 aromatic heterocycles. The minimum absolute atomic E-state index is 0.00610. The zero-order valence-corrected chi connectivity index (χ0v) is 18.4. The molecule has 0 fully saturated rings. The molecule has 0 unspecified atom stereocenters. The molecule has 0 saturated heterocycles. The van der Waals surface area contributed by atoms with Gasteiger partial charge in [0.05, 0.1) is 6.61 Å². The number of nitrogens with one attached hydrogen (secondary N) is 1. The normalized spacial score (nSPS) is 10.8. The first-order valence-electron chi connectivity index (χ1n) is 10.5. The van der Waals surface area contributed by atoms with Gasteiger partial charge in [0.1, 0.15) is 11.3 Å². The Hall–Kier alpha value is -3.00. The van der Waals surface area contributed by atoms with Gasteiger partial charge in [-0.2, -0.15) is 0 Å². The second-order valence-corrected chi connectivity index (χ2v) is 7.61. The number of nitrogens with zero attached hydrogens (tertiary/aromatic N) is 2. The average molecular weight is 442 g/mol. The Morgan fingerprint density at radius 3 is 2.58 bits per heavy atom. The predicted molar refractivity (Wildman–Crippen MR) is 123 cm³/mol. The van der Waals surface area contributed by atoms with Gasteiger partial charge in [0.15, 0.2) is 5.76 Å². The number of imide groups is 1. The lowest BCUT2D eigenvalue weighted by atomic mass is 10.1. The van der Waals surface area contributed by atoms with E-state index >= 15 is 0 Å². The molecule has 31 heavy (non-hydrogen) atoms. The summed E-state index contributed by atoms with van der Waals surface area (Å²) in [4.78, 5) is 28.8. The molecule has 2 heterocycles. The molecule has 1 N–H and O–H groups in total. The molecule has 1 aromatic carbocycles. The summed E-state index contributed by atoms with van der Waals surface area (Å²) < 4.78 is 11.9. The number of thiol groups is 1. The second kappa shape index (κ2) is 11.4. The van der Waals surface area contributed by atoms with E-state index in [4.69, 9.17) is 9.15 Å².